The highest BCUT2D eigenvalue weighted by Crippen LogP contribution is 2.07. The van der Waals surface area contributed by atoms with E-state index in [-0.39, 0.29) is 12.4 Å². The predicted octanol–water partition coefficient (Wildman–Crippen LogP) is 0.754. The molecule has 0 fully saturated rings. The first-order valence-corrected chi connectivity index (χ1v) is 7.58. The Morgan fingerprint density at radius 2 is 2.00 bits per heavy atom. The van der Waals surface area contributed by atoms with Crippen LogP contribution in [0.3, 0.4) is 0 Å². The van der Waals surface area contributed by atoms with Crippen molar-refractivity contribution in [1.29, 1.82) is 0 Å². The van der Waals surface area contributed by atoms with Gasteiger partial charge in [0.25, 0.3) is 0 Å². The fourth-order valence-corrected chi connectivity index (χ4v) is 1.88. The maximum absolute atomic E-state index is 10.8. The Balaban J connectivity index is 4.01. The third-order valence-electron chi connectivity index (χ3n) is 1.69. The number of carbonyl (C=O) groups is 1. The predicted molar refractivity (Wildman–Crippen MR) is 52.4 cm³/mol. The van der Waals surface area contributed by atoms with Gasteiger partial charge in [-0.2, -0.15) is 0 Å². The summed E-state index contributed by atoms with van der Waals surface area (Å²) in [4.78, 5) is 21.3. The van der Waals surface area contributed by atoms with Crippen LogP contribution in [0.4, 0.5) is 0 Å². The molecule has 0 saturated carbocycles. The third kappa shape index (κ3) is 4.67. The Morgan fingerprint density at radius 1 is 1.46 bits per heavy atom. The molecule has 5 heteroatoms. The van der Waals surface area contributed by atoms with E-state index < -0.39 is 8.24 Å². The summed E-state index contributed by atoms with van der Waals surface area (Å²) in [5.74, 6) is -0.293. The highest BCUT2D eigenvalue weighted by Gasteiger charge is 2.23. The molecule has 13 heavy (non-hydrogen) atoms. The van der Waals surface area contributed by atoms with Gasteiger partial charge in [0.2, 0.25) is 0 Å². The second-order valence-electron chi connectivity index (χ2n) is 3.74. The van der Waals surface area contributed by atoms with Crippen LogP contribution in [0.2, 0.25) is 19.6 Å². The van der Waals surface area contributed by atoms with Gasteiger partial charge in [0.1, 0.15) is 0 Å². The van der Waals surface area contributed by atoms with Crippen molar-refractivity contribution in [2.45, 2.75) is 26.1 Å². The Labute approximate surface area is 80.0 Å². The van der Waals surface area contributed by atoms with Gasteiger partial charge in [0.15, 0.2) is 8.24 Å². The molecule has 1 radical (unpaired) electrons. The molecule has 0 heterocycles. The minimum Gasteiger partial charge on any atom is -0.469 e. The molecule has 1 amide bonds. The minimum absolute atomic E-state index is 0.246. The molecule has 0 N–H and O–H groups in total. The summed E-state index contributed by atoms with van der Waals surface area (Å²) in [7, 11) is -0.325. The van der Waals surface area contributed by atoms with Crippen LogP contribution in [0.15, 0.2) is 0 Å². The third-order valence-corrected chi connectivity index (χ3v) is 3.62. The fraction of sp³-hybridized carbons (Fsp3) is 0.750. The van der Waals surface area contributed by atoms with Gasteiger partial charge < -0.3 is 9.30 Å². The number of hydrogen-bond acceptors (Lipinski definition) is 3. The van der Waals surface area contributed by atoms with Crippen LogP contribution >= 0.6 is 0 Å². The molecule has 0 bridgehead atoms. The lowest BCUT2D eigenvalue weighted by Crippen LogP contribution is -2.45. The molecule has 0 aliphatic heterocycles. The summed E-state index contributed by atoms with van der Waals surface area (Å²) in [6, 6.07) is 0. The normalized spacial score (nSPS) is 10.8. The van der Waals surface area contributed by atoms with Gasteiger partial charge in [-0.3, -0.25) is 9.59 Å². The van der Waals surface area contributed by atoms with Crippen molar-refractivity contribution in [2.75, 3.05) is 13.7 Å². The molecule has 0 atom stereocenters. The van der Waals surface area contributed by atoms with Gasteiger partial charge in [-0.25, -0.2) is 0 Å². The first-order valence-electron chi connectivity index (χ1n) is 4.14. The molecule has 0 aromatic heterocycles. The summed E-state index contributed by atoms with van der Waals surface area (Å²) in [6.45, 7) is 6.48. The van der Waals surface area contributed by atoms with E-state index >= 15 is 0 Å². The van der Waals surface area contributed by atoms with Gasteiger partial charge in [0.05, 0.1) is 13.5 Å². The average Bonchev–Trinajstić information content (AvgIpc) is 2.02. The van der Waals surface area contributed by atoms with Crippen LogP contribution in [0.5, 0.6) is 0 Å². The van der Waals surface area contributed by atoms with E-state index in [9.17, 15) is 9.59 Å². The maximum Gasteiger partial charge on any atom is 0.307 e. The highest BCUT2D eigenvalue weighted by atomic mass is 28.3. The number of esters is 1. The topological polar surface area (TPSA) is 46.6 Å². The van der Waals surface area contributed by atoms with Crippen LogP contribution in [-0.2, 0) is 14.3 Å². The summed E-state index contributed by atoms with van der Waals surface area (Å²) in [5, 5.41) is 0. The molecule has 0 spiro atoms. The van der Waals surface area contributed by atoms with Gasteiger partial charge in [-0.15, -0.1) is 0 Å². The first kappa shape index (κ1) is 12.2. The lowest BCUT2D eigenvalue weighted by atomic mass is 10.4. The smallest absolute Gasteiger partial charge is 0.307 e. The standard InChI is InChI=1S/C8H16NO3Si/c1-12-8(11)5-6-9(7-10)13(2,3)4/h5-6H2,1-4H3. The van der Waals surface area contributed by atoms with E-state index in [0.29, 0.717) is 6.54 Å². The number of hydrogen-bond donors (Lipinski definition) is 0. The zero-order chi connectivity index (χ0) is 10.5. The summed E-state index contributed by atoms with van der Waals surface area (Å²) in [5.41, 5.74) is 0. The molecule has 0 aliphatic carbocycles. The molecule has 0 unspecified atom stereocenters. The average molecular weight is 202 g/mol. The zero-order valence-electron chi connectivity index (χ0n) is 8.59. The first-order chi connectivity index (χ1) is 5.91. The maximum atomic E-state index is 10.8. The van der Waals surface area contributed by atoms with Crippen LogP contribution in [0, 0.1) is 0 Å². The van der Waals surface area contributed by atoms with Gasteiger partial charge >= 0.3 is 12.4 Å². The van der Waals surface area contributed by atoms with Crippen LogP contribution in [-0.4, -0.2) is 38.8 Å². The Morgan fingerprint density at radius 3 is 2.31 bits per heavy atom. The van der Waals surface area contributed by atoms with E-state index in [2.05, 4.69) is 4.74 Å². The van der Waals surface area contributed by atoms with Crippen molar-refractivity contribution in [3.05, 3.63) is 0 Å². The second kappa shape index (κ2) is 5.01. The SMILES string of the molecule is COC(=O)CCN([C]=O)[Si](C)(C)C. The summed E-state index contributed by atoms with van der Waals surface area (Å²) < 4.78 is 6.07. The molecule has 0 aromatic rings. The van der Waals surface area contributed by atoms with E-state index in [4.69, 9.17) is 0 Å². The van der Waals surface area contributed by atoms with Gasteiger partial charge in [0, 0.05) is 6.54 Å². The van der Waals surface area contributed by atoms with Crippen molar-refractivity contribution in [3.8, 4) is 0 Å². The van der Waals surface area contributed by atoms with E-state index in [0.717, 1.165) is 0 Å². The molecule has 0 rings (SSSR count). The monoisotopic (exact) mass is 202 g/mol. The molecular weight excluding hydrogens is 186 g/mol. The van der Waals surface area contributed by atoms with Gasteiger partial charge in [-0.1, -0.05) is 19.6 Å². The van der Waals surface area contributed by atoms with Crippen molar-refractivity contribution in [1.82, 2.24) is 4.57 Å². The quantitative estimate of drug-likeness (QED) is 0.375. The number of rotatable bonds is 5. The highest BCUT2D eigenvalue weighted by molar-refractivity contribution is 6.74. The fourth-order valence-electron chi connectivity index (χ4n) is 0.823. The molecule has 4 nitrogen and oxygen atoms in total. The zero-order valence-corrected chi connectivity index (χ0v) is 9.59. The van der Waals surface area contributed by atoms with Crippen molar-refractivity contribution >= 4 is 20.6 Å². The Hall–Kier alpha value is -0.843. The number of methoxy groups -OCH3 is 1. The van der Waals surface area contributed by atoms with Gasteiger partial charge in [-0.05, 0) is 0 Å². The van der Waals surface area contributed by atoms with E-state index in [1.54, 1.807) is 4.57 Å². The molecule has 0 aromatic carbocycles. The number of ether oxygens (including phenoxy) is 1. The Kier molecular flexibility index (Phi) is 4.69. The number of amides is 1. The van der Waals surface area contributed by atoms with Crippen molar-refractivity contribution < 1.29 is 14.3 Å². The largest absolute Gasteiger partial charge is 0.469 e. The van der Waals surface area contributed by atoms with Crippen LogP contribution in [0.25, 0.3) is 0 Å². The van der Waals surface area contributed by atoms with E-state index in [1.165, 1.54) is 7.11 Å². The lowest BCUT2D eigenvalue weighted by molar-refractivity contribution is -0.140. The lowest BCUT2D eigenvalue weighted by Gasteiger charge is -2.28. The van der Waals surface area contributed by atoms with E-state index in [1.807, 2.05) is 26.1 Å². The Bertz CT molecular complexity index is 188. The van der Waals surface area contributed by atoms with Crippen molar-refractivity contribution in [2.24, 2.45) is 0 Å². The van der Waals surface area contributed by atoms with Crippen molar-refractivity contribution in [3.63, 3.8) is 0 Å². The molecule has 75 valence electrons. The summed E-state index contributed by atoms with van der Waals surface area (Å²) >= 11 is 0. The molecule has 0 saturated heterocycles. The number of carbonyl (C=O) groups excluding carboxylic acids is 2. The molecule has 0 aliphatic rings. The molecular formula is C8H16NO3Si. The number of nitrogens with zero attached hydrogens (tertiary/aromatic N) is 1. The summed E-state index contributed by atoms with van der Waals surface area (Å²) in [6.07, 6.45) is 2.10. The van der Waals surface area contributed by atoms with Crippen LogP contribution in [0.1, 0.15) is 6.42 Å². The second-order valence-corrected chi connectivity index (χ2v) is 8.62. The minimum atomic E-state index is -1.66. The van der Waals surface area contributed by atoms with Crippen LogP contribution < -0.4 is 0 Å².